The fraction of sp³-hybridized carbons (Fsp3) is 0.615. The van der Waals surface area contributed by atoms with E-state index in [9.17, 15) is 0 Å². The van der Waals surface area contributed by atoms with Crippen LogP contribution in [0.5, 0.6) is 0 Å². The number of hydrogen-bond donors (Lipinski definition) is 1. The predicted octanol–water partition coefficient (Wildman–Crippen LogP) is 2.42. The molecule has 3 rings (SSSR count). The van der Waals surface area contributed by atoms with Gasteiger partial charge in [-0.3, -0.25) is 4.90 Å². The number of pyridine rings is 1. The summed E-state index contributed by atoms with van der Waals surface area (Å²) in [6.07, 6.45) is 3.57. The van der Waals surface area contributed by atoms with Crippen molar-refractivity contribution >= 4 is 5.82 Å². The van der Waals surface area contributed by atoms with Crippen LogP contribution in [0.15, 0.2) is 18.3 Å². The summed E-state index contributed by atoms with van der Waals surface area (Å²) in [5, 5.41) is 3.57. The third-order valence-electron chi connectivity index (χ3n) is 3.93. The maximum atomic E-state index is 4.42. The Morgan fingerprint density at radius 2 is 2.31 bits per heavy atom. The van der Waals surface area contributed by atoms with Gasteiger partial charge in [-0.15, -0.1) is 0 Å². The van der Waals surface area contributed by atoms with Gasteiger partial charge in [-0.2, -0.15) is 0 Å². The van der Waals surface area contributed by atoms with E-state index in [-0.39, 0.29) is 0 Å². The molecule has 3 nitrogen and oxygen atoms in total. The molecular weight excluding hydrogens is 198 g/mol. The maximum Gasteiger partial charge on any atom is 0.130 e. The van der Waals surface area contributed by atoms with Gasteiger partial charge in [0.25, 0.3) is 0 Å². The molecule has 3 atom stereocenters. The van der Waals surface area contributed by atoms with E-state index in [1.165, 1.54) is 12.0 Å². The normalized spacial score (nSPS) is 32.6. The lowest BCUT2D eigenvalue weighted by molar-refractivity contribution is 0.171. The van der Waals surface area contributed by atoms with E-state index in [1.54, 1.807) is 0 Å². The Bertz CT molecular complexity index is 402. The Kier molecular flexibility index (Phi) is 2.18. The number of fused-ring (bicyclic) bond motifs is 3. The third-order valence-corrected chi connectivity index (χ3v) is 3.93. The number of aromatic nitrogens is 1. The molecule has 0 bridgehead atoms. The molecular formula is C13H19N3. The van der Waals surface area contributed by atoms with E-state index in [2.05, 4.69) is 42.0 Å². The van der Waals surface area contributed by atoms with Crippen LogP contribution in [0, 0.1) is 0 Å². The Morgan fingerprint density at radius 3 is 3.06 bits per heavy atom. The van der Waals surface area contributed by atoms with Crippen LogP contribution in [0.3, 0.4) is 0 Å². The van der Waals surface area contributed by atoms with Crippen LogP contribution in [-0.4, -0.2) is 28.1 Å². The summed E-state index contributed by atoms with van der Waals surface area (Å²) in [7, 11) is 0. The molecule has 2 unspecified atom stereocenters. The molecule has 1 N–H and O–H groups in total. The monoisotopic (exact) mass is 217 g/mol. The van der Waals surface area contributed by atoms with Crippen molar-refractivity contribution in [2.45, 2.75) is 51.4 Å². The van der Waals surface area contributed by atoms with Gasteiger partial charge in [-0.1, -0.05) is 6.07 Å². The molecule has 0 radical (unpaired) electrons. The number of anilines is 1. The second-order valence-corrected chi connectivity index (χ2v) is 5.26. The van der Waals surface area contributed by atoms with Crippen LogP contribution >= 0.6 is 0 Å². The summed E-state index contributed by atoms with van der Waals surface area (Å²) in [5.41, 5.74) is 1.41. The first kappa shape index (κ1) is 10.1. The zero-order valence-electron chi connectivity index (χ0n) is 10.1. The van der Waals surface area contributed by atoms with Gasteiger partial charge in [0.15, 0.2) is 0 Å². The standard InChI is InChI=1S/C13H19N3/c1-8(2)16-9(3)7-11-10-5-4-6-14-12(10)15-13(11)16/h4-6,8-9,11,13H,7H2,1-3H3,(H,14,15)/t9?,11-,13?/m1/s1. The minimum Gasteiger partial charge on any atom is -0.354 e. The lowest BCUT2D eigenvalue weighted by Gasteiger charge is -2.31. The Labute approximate surface area is 96.9 Å². The van der Waals surface area contributed by atoms with Crippen molar-refractivity contribution in [3.05, 3.63) is 23.9 Å². The molecule has 1 saturated heterocycles. The van der Waals surface area contributed by atoms with Crippen molar-refractivity contribution in [1.82, 2.24) is 9.88 Å². The first-order chi connectivity index (χ1) is 7.68. The highest BCUT2D eigenvalue weighted by Crippen LogP contribution is 2.45. The van der Waals surface area contributed by atoms with Gasteiger partial charge in [-0.25, -0.2) is 4.98 Å². The van der Waals surface area contributed by atoms with Gasteiger partial charge in [0.1, 0.15) is 5.82 Å². The zero-order valence-corrected chi connectivity index (χ0v) is 10.1. The molecule has 3 heteroatoms. The molecule has 0 amide bonds. The number of rotatable bonds is 1. The average Bonchev–Trinajstić information content (AvgIpc) is 2.71. The van der Waals surface area contributed by atoms with Crippen molar-refractivity contribution in [2.75, 3.05) is 5.32 Å². The first-order valence-corrected chi connectivity index (χ1v) is 6.17. The molecule has 1 aromatic heterocycles. The molecule has 1 fully saturated rings. The van der Waals surface area contributed by atoms with E-state index in [0.29, 0.717) is 24.2 Å². The van der Waals surface area contributed by atoms with Crippen molar-refractivity contribution in [3.63, 3.8) is 0 Å². The minimum absolute atomic E-state index is 0.458. The van der Waals surface area contributed by atoms with Crippen LogP contribution in [-0.2, 0) is 0 Å². The summed E-state index contributed by atoms with van der Waals surface area (Å²) in [4.78, 5) is 7.00. The fourth-order valence-corrected chi connectivity index (χ4v) is 3.38. The van der Waals surface area contributed by atoms with Crippen LogP contribution in [0.4, 0.5) is 5.82 Å². The molecule has 0 saturated carbocycles. The van der Waals surface area contributed by atoms with Gasteiger partial charge in [-0.05, 0) is 33.3 Å². The molecule has 16 heavy (non-hydrogen) atoms. The van der Waals surface area contributed by atoms with Crippen molar-refractivity contribution < 1.29 is 0 Å². The highest BCUT2D eigenvalue weighted by Gasteiger charge is 2.45. The van der Waals surface area contributed by atoms with Crippen LogP contribution in [0.25, 0.3) is 0 Å². The number of likely N-dealkylation sites (tertiary alicyclic amines) is 1. The van der Waals surface area contributed by atoms with Gasteiger partial charge < -0.3 is 5.32 Å². The lowest BCUT2D eigenvalue weighted by atomic mass is 9.98. The van der Waals surface area contributed by atoms with Gasteiger partial charge >= 0.3 is 0 Å². The molecule has 0 spiro atoms. The third kappa shape index (κ3) is 1.27. The lowest BCUT2D eigenvalue weighted by Crippen LogP contribution is -2.43. The van der Waals surface area contributed by atoms with Crippen LogP contribution in [0.1, 0.15) is 38.7 Å². The Morgan fingerprint density at radius 1 is 1.50 bits per heavy atom. The molecule has 86 valence electrons. The molecule has 0 aromatic carbocycles. The second-order valence-electron chi connectivity index (χ2n) is 5.26. The molecule has 2 aliphatic heterocycles. The van der Waals surface area contributed by atoms with Crippen LogP contribution < -0.4 is 5.32 Å². The van der Waals surface area contributed by atoms with Gasteiger partial charge in [0, 0.05) is 29.8 Å². The minimum atomic E-state index is 0.458. The van der Waals surface area contributed by atoms with E-state index < -0.39 is 0 Å². The number of hydrogen-bond acceptors (Lipinski definition) is 3. The summed E-state index contributed by atoms with van der Waals surface area (Å²) >= 11 is 0. The summed E-state index contributed by atoms with van der Waals surface area (Å²) in [5.74, 6) is 1.72. The maximum absolute atomic E-state index is 4.42. The van der Waals surface area contributed by atoms with Gasteiger partial charge in [0.2, 0.25) is 0 Å². The zero-order chi connectivity index (χ0) is 11.3. The smallest absolute Gasteiger partial charge is 0.130 e. The molecule has 1 aromatic rings. The SMILES string of the molecule is CC(C)N1C(C)C[C@@H]2c3cccnc3NC21. The Balaban J connectivity index is 1.96. The largest absolute Gasteiger partial charge is 0.354 e. The molecule has 0 aliphatic carbocycles. The van der Waals surface area contributed by atoms with Gasteiger partial charge in [0.05, 0.1) is 6.17 Å². The van der Waals surface area contributed by atoms with E-state index in [4.69, 9.17) is 0 Å². The van der Waals surface area contributed by atoms with E-state index >= 15 is 0 Å². The summed E-state index contributed by atoms with van der Waals surface area (Å²) in [6, 6.07) is 5.52. The highest BCUT2D eigenvalue weighted by molar-refractivity contribution is 5.54. The first-order valence-electron chi connectivity index (χ1n) is 6.17. The summed E-state index contributed by atoms with van der Waals surface area (Å²) < 4.78 is 0. The van der Waals surface area contributed by atoms with Crippen molar-refractivity contribution in [2.24, 2.45) is 0 Å². The average molecular weight is 217 g/mol. The molecule has 3 heterocycles. The second kappa shape index (κ2) is 3.45. The van der Waals surface area contributed by atoms with Crippen LogP contribution in [0.2, 0.25) is 0 Å². The quantitative estimate of drug-likeness (QED) is 0.783. The number of nitrogens with zero attached hydrogens (tertiary/aromatic N) is 2. The molecule has 2 aliphatic rings. The highest BCUT2D eigenvalue weighted by atomic mass is 15.4. The van der Waals surface area contributed by atoms with E-state index in [0.717, 1.165) is 5.82 Å². The van der Waals surface area contributed by atoms with E-state index in [1.807, 2.05) is 12.3 Å². The number of nitrogens with one attached hydrogen (secondary N) is 1. The predicted molar refractivity (Wildman–Crippen MR) is 65.4 cm³/mol. The topological polar surface area (TPSA) is 28.2 Å². The fourth-order valence-electron chi connectivity index (χ4n) is 3.38. The Hall–Kier alpha value is -1.09. The summed E-state index contributed by atoms with van der Waals surface area (Å²) in [6.45, 7) is 6.88. The van der Waals surface area contributed by atoms with Crippen molar-refractivity contribution in [1.29, 1.82) is 0 Å². The van der Waals surface area contributed by atoms with Crippen molar-refractivity contribution in [3.8, 4) is 0 Å².